The number of aryl methyl sites for hydroxylation is 1. The Morgan fingerprint density at radius 2 is 1.52 bits per heavy atom. The highest BCUT2D eigenvalue weighted by atomic mass is 32.1. The molecular weight excluding hydrogens is 356 g/mol. The van der Waals surface area contributed by atoms with Crippen molar-refractivity contribution in [3.8, 4) is 0 Å². The zero-order valence-corrected chi connectivity index (χ0v) is 15.8. The first kappa shape index (κ1) is 18.9. The van der Waals surface area contributed by atoms with Gasteiger partial charge in [0.1, 0.15) is 0 Å². The Morgan fingerprint density at radius 3 is 2.26 bits per heavy atom. The van der Waals surface area contributed by atoms with E-state index in [1.54, 1.807) is 0 Å². The summed E-state index contributed by atoms with van der Waals surface area (Å²) < 4.78 is 0. The van der Waals surface area contributed by atoms with Crippen molar-refractivity contribution >= 4 is 23.2 Å². The molecule has 0 saturated carbocycles. The van der Waals surface area contributed by atoms with Crippen molar-refractivity contribution in [2.24, 2.45) is 0 Å². The average molecular weight is 378 g/mol. The van der Waals surface area contributed by atoms with Gasteiger partial charge in [-0.25, -0.2) is 4.79 Å². The normalized spacial score (nSPS) is 10.4. The second-order valence-electron chi connectivity index (χ2n) is 6.16. The van der Waals surface area contributed by atoms with Crippen molar-refractivity contribution in [3.63, 3.8) is 0 Å². The number of hydrogen-bond donors (Lipinski definition) is 2. The fraction of sp³-hybridized carbons (Fsp3) is 0.182. The minimum absolute atomic E-state index is 0.0113. The van der Waals surface area contributed by atoms with E-state index in [1.165, 1.54) is 16.9 Å². The fourth-order valence-electron chi connectivity index (χ4n) is 2.70. The molecule has 1 heterocycles. The summed E-state index contributed by atoms with van der Waals surface area (Å²) in [6.07, 6.45) is 1.84. The molecule has 0 fully saturated rings. The minimum atomic E-state index is -0.188. The summed E-state index contributed by atoms with van der Waals surface area (Å²) in [5.41, 5.74) is 1.95. The molecule has 0 unspecified atom stereocenters. The van der Waals surface area contributed by atoms with Crippen molar-refractivity contribution in [1.29, 1.82) is 0 Å². The lowest BCUT2D eigenvalue weighted by Gasteiger charge is -2.06. The molecule has 0 aliphatic heterocycles. The van der Waals surface area contributed by atoms with Crippen LogP contribution in [0.2, 0.25) is 0 Å². The molecule has 2 aromatic carbocycles. The van der Waals surface area contributed by atoms with E-state index < -0.39 is 0 Å². The summed E-state index contributed by atoms with van der Waals surface area (Å²) in [4.78, 5) is 25.9. The third-order valence-electron chi connectivity index (χ3n) is 4.12. The summed E-state index contributed by atoms with van der Waals surface area (Å²) in [6, 6.07) is 22.9. The molecule has 0 atom stereocenters. The molecule has 1 aromatic heterocycles. The van der Waals surface area contributed by atoms with Crippen LogP contribution in [-0.2, 0) is 13.0 Å². The van der Waals surface area contributed by atoms with E-state index in [9.17, 15) is 9.59 Å². The van der Waals surface area contributed by atoms with Gasteiger partial charge in [0.25, 0.3) is 0 Å². The number of amides is 2. The lowest BCUT2D eigenvalue weighted by Crippen LogP contribution is -2.35. The van der Waals surface area contributed by atoms with Gasteiger partial charge in [-0.15, -0.1) is 11.3 Å². The van der Waals surface area contributed by atoms with Crippen LogP contribution in [0.3, 0.4) is 0 Å². The van der Waals surface area contributed by atoms with E-state index >= 15 is 0 Å². The van der Waals surface area contributed by atoms with Gasteiger partial charge < -0.3 is 10.6 Å². The number of benzene rings is 2. The molecule has 2 N–H and O–H groups in total. The predicted molar refractivity (Wildman–Crippen MR) is 109 cm³/mol. The van der Waals surface area contributed by atoms with Crippen LogP contribution < -0.4 is 10.6 Å². The summed E-state index contributed by atoms with van der Waals surface area (Å²) in [7, 11) is 0. The Labute approximate surface area is 163 Å². The maximum atomic E-state index is 12.4. The first-order valence-electron chi connectivity index (χ1n) is 8.96. The number of hydrogen-bond acceptors (Lipinski definition) is 3. The fourth-order valence-corrected chi connectivity index (χ4v) is 3.61. The van der Waals surface area contributed by atoms with Crippen LogP contribution in [0, 0.1) is 0 Å². The van der Waals surface area contributed by atoms with Crippen LogP contribution in [-0.4, -0.2) is 18.4 Å². The monoisotopic (exact) mass is 378 g/mol. The molecule has 0 spiro atoms. The van der Waals surface area contributed by atoms with Gasteiger partial charge in [-0.05, 0) is 30.5 Å². The highest BCUT2D eigenvalue weighted by Gasteiger charge is 2.11. The molecule has 0 bridgehead atoms. The van der Waals surface area contributed by atoms with Crippen molar-refractivity contribution < 1.29 is 9.59 Å². The van der Waals surface area contributed by atoms with Crippen LogP contribution in [0.15, 0.2) is 72.8 Å². The van der Waals surface area contributed by atoms with E-state index in [0.29, 0.717) is 23.5 Å². The van der Waals surface area contributed by atoms with Gasteiger partial charge in [-0.1, -0.05) is 60.7 Å². The minimum Gasteiger partial charge on any atom is -0.338 e. The Morgan fingerprint density at radius 1 is 0.815 bits per heavy atom. The molecule has 3 aromatic rings. The number of ketones is 1. The van der Waals surface area contributed by atoms with E-state index in [-0.39, 0.29) is 11.8 Å². The molecule has 3 rings (SSSR count). The standard InChI is InChI=1S/C22H22N2O2S/c25-21(18-11-5-2-6-12-18)20-14-13-19(27-20)16-24-22(26)23-15-7-10-17-8-3-1-4-9-17/h1-6,8-9,11-14H,7,10,15-16H2,(H2,23,24,26). The molecule has 5 heteroatoms. The summed E-state index contributed by atoms with van der Waals surface area (Å²) in [5.74, 6) is 0.0113. The van der Waals surface area contributed by atoms with Crippen LogP contribution >= 0.6 is 11.3 Å². The molecule has 4 nitrogen and oxygen atoms in total. The molecule has 0 aliphatic rings. The number of nitrogens with one attached hydrogen (secondary N) is 2. The number of urea groups is 1. The number of carbonyl (C=O) groups excluding carboxylic acids is 2. The Balaban J connectivity index is 1.39. The second kappa shape index (κ2) is 9.69. The van der Waals surface area contributed by atoms with Gasteiger partial charge in [0.15, 0.2) is 0 Å². The van der Waals surface area contributed by atoms with Gasteiger partial charge in [-0.2, -0.15) is 0 Å². The van der Waals surface area contributed by atoms with Gasteiger partial charge in [0.2, 0.25) is 5.78 Å². The highest BCUT2D eigenvalue weighted by Crippen LogP contribution is 2.20. The highest BCUT2D eigenvalue weighted by molar-refractivity contribution is 7.14. The largest absolute Gasteiger partial charge is 0.338 e. The Kier molecular flexibility index (Phi) is 6.77. The second-order valence-corrected chi connectivity index (χ2v) is 7.33. The van der Waals surface area contributed by atoms with Gasteiger partial charge in [0, 0.05) is 17.0 Å². The van der Waals surface area contributed by atoms with E-state index in [1.807, 2.05) is 60.7 Å². The van der Waals surface area contributed by atoms with Crippen molar-refractivity contribution in [2.45, 2.75) is 19.4 Å². The van der Waals surface area contributed by atoms with E-state index in [0.717, 1.165) is 17.7 Å². The zero-order valence-electron chi connectivity index (χ0n) is 15.0. The first-order chi connectivity index (χ1) is 13.2. The van der Waals surface area contributed by atoms with E-state index in [2.05, 4.69) is 22.8 Å². The zero-order chi connectivity index (χ0) is 18.9. The summed E-state index contributed by atoms with van der Waals surface area (Å²) in [5, 5.41) is 5.70. The van der Waals surface area contributed by atoms with Crippen LogP contribution in [0.5, 0.6) is 0 Å². The van der Waals surface area contributed by atoms with E-state index in [4.69, 9.17) is 0 Å². The molecule has 0 aliphatic carbocycles. The first-order valence-corrected chi connectivity index (χ1v) is 9.78. The Hall–Kier alpha value is -2.92. The molecular formula is C22H22N2O2S. The predicted octanol–water partition coefficient (Wildman–Crippen LogP) is 4.41. The summed E-state index contributed by atoms with van der Waals surface area (Å²) in [6.45, 7) is 1.04. The number of carbonyl (C=O) groups is 2. The molecule has 0 radical (unpaired) electrons. The van der Waals surface area contributed by atoms with Crippen molar-refractivity contribution in [3.05, 3.63) is 93.7 Å². The maximum Gasteiger partial charge on any atom is 0.315 e. The maximum absolute atomic E-state index is 12.4. The molecule has 138 valence electrons. The lowest BCUT2D eigenvalue weighted by atomic mass is 10.1. The number of rotatable bonds is 8. The van der Waals surface area contributed by atoms with Gasteiger partial charge in [0.05, 0.1) is 11.4 Å². The van der Waals surface area contributed by atoms with Gasteiger partial charge >= 0.3 is 6.03 Å². The van der Waals surface area contributed by atoms with Crippen LogP contribution in [0.4, 0.5) is 4.79 Å². The molecule has 2 amide bonds. The smallest absolute Gasteiger partial charge is 0.315 e. The van der Waals surface area contributed by atoms with Crippen molar-refractivity contribution in [1.82, 2.24) is 10.6 Å². The molecule has 0 saturated heterocycles. The van der Waals surface area contributed by atoms with Crippen molar-refractivity contribution in [2.75, 3.05) is 6.54 Å². The third-order valence-corrected chi connectivity index (χ3v) is 5.20. The van der Waals surface area contributed by atoms with Gasteiger partial charge in [-0.3, -0.25) is 4.79 Å². The molecule has 27 heavy (non-hydrogen) atoms. The lowest BCUT2D eigenvalue weighted by molar-refractivity contribution is 0.104. The average Bonchev–Trinajstić information content (AvgIpc) is 3.19. The third kappa shape index (κ3) is 5.79. The Bertz CT molecular complexity index is 876. The quantitative estimate of drug-likeness (QED) is 0.450. The topological polar surface area (TPSA) is 58.2 Å². The van der Waals surface area contributed by atoms with Crippen LogP contribution in [0.25, 0.3) is 0 Å². The summed E-state index contributed by atoms with van der Waals surface area (Å²) >= 11 is 1.41. The number of thiophene rings is 1. The van der Waals surface area contributed by atoms with Crippen LogP contribution in [0.1, 0.15) is 32.1 Å². The SMILES string of the molecule is O=C(NCCCc1ccccc1)NCc1ccc(C(=O)c2ccccc2)s1.